The molecule has 130 valence electrons. The number of fused-ring (bicyclic) bond motifs is 2. The van der Waals surface area contributed by atoms with E-state index in [9.17, 15) is 9.59 Å². The smallest absolute Gasteiger partial charge is 0.319 e. The van der Waals surface area contributed by atoms with Crippen LogP contribution in [0.1, 0.15) is 17.5 Å². The van der Waals surface area contributed by atoms with E-state index in [-0.39, 0.29) is 11.9 Å². The van der Waals surface area contributed by atoms with Crippen LogP contribution in [-0.4, -0.2) is 16.9 Å². The van der Waals surface area contributed by atoms with E-state index in [1.54, 1.807) is 12.3 Å². The van der Waals surface area contributed by atoms with Gasteiger partial charge in [-0.15, -0.1) is 0 Å². The van der Waals surface area contributed by atoms with Gasteiger partial charge in [0.2, 0.25) is 5.91 Å². The van der Waals surface area contributed by atoms with Crippen molar-refractivity contribution >= 4 is 34.2 Å². The monoisotopic (exact) mass is 346 g/mol. The maximum absolute atomic E-state index is 12.2. The van der Waals surface area contributed by atoms with Gasteiger partial charge in [0.05, 0.1) is 5.52 Å². The Bertz CT molecular complexity index is 1000. The molecule has 1 aliphatic rings. The van der Waals surface area contributed by atoms with Gasteiger partial charge in [0.15, 0.2) is 0 Å². The van der Waals surface area contributed by atoms with Crippen LogP contribution < -0.4 is 16.0 Å². The number of urea groups is 1. The van der Waals surface area contributed by atoms with Crippen LogP contribution in [0.2, 0.25) is 0 Å². The van der Waals surface area contributed by atoms with E-state index < -0.39 is 0 Å². The highest BCUT2D eigenvalue weighted by Gasteiger charge is 2.15. The molecular formula is C20H18N4O2. The molecule has 1 aromatic heterocycles. The summed E-state index contributed by atoms with van der Waals surface area (Å²) in [4.78, 5) is 27.8. The van der Waals surface area contributed by atoms with Gasteiger partial charge in [-0.1, -0.05) is 12.1 Å². The highest BCUT2D eigenvalue weighted by atomic mass is 16.2. The zero-order chi connectivity index (χ0) is 17.9. The molecule has 26 heavy (non-hydrogen) atoms. The summed E-state index contributed by atoms with van der Waals surface area (Å²) in [6.07, 6.45) is 2.92. The topological polar surface area (TPSA) is 83.1 Å². The molecular weight excluding hydrogens is 328 g/mol. The maximum Gasteiger partial charge on any atom is 0.319 e. The largest absolute Gasteiger partial charge is 0.334 e. The van der Waals surface area contributed by atoms with Gasteiger partial charge in [-0.05, 0) is 53.9 Å². The summed E-state index contributed by atoms with van der Waals surface area (Å²) in [5, 5.41) is 9.57. The van der Waals surface area contributed by atoms with E-state index in [1.807, 2.05) is 42.5 Å². The number of benzene rings is 2. The molecule has 0 spiro atoms. The minimum atomic E-state index is -0.268. The Labute approximate surface area is 150 Å². The van der Waals surface area contributed by atoms with Crippen molar-refractivity contribution in [2.24, 2.45) is 0 Å². The number of aryl methyl sites for hydroxylation is 1. The van der Waals surface area contributed by atoms with Crippen LogP contribution in [-0.2, 0) is 17.8 Å². The Kier molecular flexibility index (Phi) is 4.23. The fourth-order valence-corrected chi connectivity index (χ4v) is 3.05. The number of rotatable bonds is 3. The second-order valence-electron chi connectivity index (χ2n) is 6.26. The van der Waals surface area contributed by atoms with Gasteiger partial charge in [0.25, 0.3) is 0 Å². The predicted molar refractivity (Wildman–Crippen MR) is 101 cm³/mol. The minimum absolute atomic E-state index is 0.0292. The molecule has 0 radical (unpaired) electrons. The third-order valence-corrected chi connectivity index (χ3v) is 4.38. The average molecular weight is 346 g/mol. The Hall–Kier alpha value is -3.41. The van der Waals surface area contributed by atoms with Gasteiger partial charge >= 0.3 is 6.03 Å². The number of pyridine rings is 1. The number of amides is 3. The van der Waals surface area contributed by atoms with Crippen molar-refractivity contribution in [2.75, 3.05) is 10.6 Å². The van der Waals surface area contributed by atoms with Gasteiger partial charge in [-0.2, -0.15) is 0 Å². The van der Waals surface area contributed by atoms with Gasteiger partial charge < -0.3 is 16.0 Å². The molecule has 2 aromatic carbocycles. The number of hydrogen-bond donors (Lipinski definition) is 3. The number of carbonyl (C=O) groups excluding carboxylic acids is 2. The van der Waals surface area contributed by atoms with Gasteiger partial charge in [-0.3, -0.25) is 9.78 Å². The summed E-state index contributed by atoms with van der Waals surface area (Å²) >= 11 is 0. The van der Waals surface area contributed by atoms with E-state index in [2.05, 4.69) is 20.9 Å². The molecule has 0 atom stereocenters. The van der Waals surface area contributed by atoms with Crippen molar-refractivity contribution < 1.29 is 9.59 Å². The fourth-order valence-electron chi connectivity index (χ4n) is 3.05. The second kappa shape index (κ2) is 6.84. The van der Waals surface area contributed by atoms with Crippen LogP contribution in [0.3, 0.4) is 0 Å². The summed E-state index contributed by atoms with van der Waals surface area (Å²) in [6.45, 7) is 0.428. The Balaban J connectivity index is 1.38. The molecule has 3 N–H and O–H groups in total. The lowest BCUT2D eigenvalue weighted by atomic mass is 10.0. The number of aromatic nitrogens is 1. The summed E-state index contributed by atoms with van der Waals surface area (Å²) in [5.41, 5.74) is 4.50. The molecule has 0 saturated carbocycles. The maximum atomic E-state index is 12.2. The first-order valence-electron chi connectivity index (χ1n) is 8.49. The first-order valence-corrected chi connectivity index (χ1v) is 8.49. The van der Waals surface area contributed by atoms with Crippen molar-refractivity contribution in [3.63, 3.8) is 0 Å². The van der Waals surface area contributed by atoms with Crippen LogP contribution in [0.15, 0.2) is 54.7 Å². The molecule has 2 heterocycles. The fraction of sp³-hybridized carbons (Fsp3) is 0.150. The van der Waals surface area contributed by atoms with Gasteiger partial charge in [0.1, 0.15) is 0 Å². The molecule has 6 heteroatoms. The number of nitrogens with one attached hydrogen (secondary N) is 3. The molecule has 3 aromatic rings. The first kappa shape index (κ1) is 16.1. The zero-order valence-corrected chi connectivity index (χ0v) is 14.1. The first-order chi connectivity index (χ1) is 12.7. The van der Waals surface area contributed by atoms with E-state index in [0.29, 0.717) is 25.1 Å². The molecule has 0 unspecified atom stereocenters. The predicted octanol–water partition coefficient (Wildman–Crippen LogP) is 3.44. The lowest BCUT2D eigenvalue weighted by molar-refractivity contribution is -0.116. The van der Waals surface area contributed by atoms with Crippen molar-refractivity contribution in [1.29, 1.82) is 0 Å². The van der Waals surface area contributed by atoms with Gasteiger partial charge in [0, 0.05) is 35.9 Å². The average Bonchev–Trinajstić information content (AvgIpc) is 2.66. The Morgan fingerprint density at radius 3 is 2.96 bits per heavy atom. The lowest BCUT2D eigenvalue weighted by Gasteiger charge is -2.18. The number of nitrogens with zero attached hydrogens (tertiary/aromatic N) is 1. The molecule has 0 saturated heterocycles. The molecule has 6 nitrogen and oxygen atoms in total. The quantitative estimate of drug-likeness (QED) is 0.679. The Morgan fingerprint density at radius 1 is 1.12 bits per heavy atom. The molecule has 0 aliphatic carbocycles. The number of carbonyl (C=O) groups is 2. The van der Waals surface area contributed by atoms with Crippen molar-refractivity contribution in [3.8, 4) is 0 Å². The third kappa shape index (κ3) is 3.49. The van der Waals surface area contributed by atoms with E-state index >= 15 is 0 Å². The summed E-state index contributed by atoms with van der Waals surface area (Å²) < 4.78 is 0. The molecule has 3 amide bonds. The SMILES string of the molecule is O=C1CCc2cc(NC(=O)NCc3ccc4ncccc4c3)ccc2N1. The standard InChI is InChI=1S/C20H18N4O2/c25-19-8-4-15-11-16(5-7-18(15)24-19)23-20(26)22-12-13-3-6-17-14(10-13)2-1-9-21-17/h1-3,5-7,9-11H,4,8,12H2,(H,24,25)(H2,22,23,26). The van der Waals surface area contributed by atoms with Crippen molar-refractivity contribution in [2.45, 2.75) is 19.4 Å². The van der Waals surface area contributed by atoms with Crippen molar-refractivity contribution in [1.82, 2.24) is 10.3 Å². The summed E-state index contributed by atoms with van der Waals surface area (Å²) in [7, 11) is 0. The minimum Gasteiger partial charge on any atom is -0.334 e. The molecule has 0 bridgehead atoms. The molecule has 0 fully saturated rings. The number of anilines is 2. The van der Waals surface area contributed by atoms with Crippen LogP contribution in [0.4, 0.5) is 16.2 Å². The van der Waals surface area contributed by atoms with Crippen LogP contribution in [0, 0.1) is 0 Å². The Morgan fingerprint density at radius 2 is 2.04 bits per heavy atom. The van der Waals surface area contributed by atoms with E-state index in [4.69, 9.17) is 0 Å². The summed E-state index contributed by atoms with van der Waals surface area (Å²) in [6, 6.07) is 15.0. The zero-order valence-electron chi connectivity index (χ0n) is 14.1. The van der Waals surface area contributed by atoms with Crippen LogP contribution in [0.5, 0.6) is 0 Å². The van der Waals surface area contributed by atoms with Gasteiger partial charge in [-0.25, -0.2) is 4.79 Å². The molecule has 4 rings (SSSR count). The van der Waals surface area contributed by atoms with Crippen molar-refractivity contribution in [3.05, 3.63) is 65.9 Å². The third-order valence-electron chi connectivity index (χ3n) is 4.38. The lowest BCUT2D eigenvalue weighted by Crippen LogP contribution is -2.28. The highest BCUT2D eigenvalue weighted by molar-refractivity contribution is 5.95. The highest BCUT2D eigenvalue weighted by Crippen LogP contribution is 2.25. The van der Waals surface area contributed by atoms with Crippen LogP contribution in [0.25, 0.3) is 10.9 Å². The van der Waals surface area contributed by atoms with E-state index in [0.717, 1.165) is 27.7 Å². The second-order valence-corrected chi connectivity index (χ2v) is 6.26. The van der Waals surface area contributed by atoms with E-state index in [1.165, 1.54) is 0 Å². The number of hydrogen-bond acceptors (Lipinski definition) is 3. The normalized spacial score (nSPS) is 13.0. The summed E-state index contributed by atoms with van der Waals surface area (Å²) in [5.74, 6) is 0.0292. The molecule has 1 aliphatic heterocycles. The van der Waals surface area contributed by atoms with Crippen LogP contribution >= 0.6 is 0 Å².